The quantitative estimate of drug-likeness (QED) is 0.419. The van der Waals surface area contributed by atoms with Crippen molar-refractivity contribution < 1.29 is 14.3 Å². The standard InChI is InChI=1S/C14H18O3/c1-8(2)4-6-10-9(3)5-7-11-12(10)14(16)17-13(11)15/h4-5,10-12H,6-7H2,1-3H3/t10-,11-,12-/m1/s1. The van der Waals surface area contributed by atoms with E-state index in [2.05, 4.69) is 12.2 Å². The van der Waals surface area contributed by atoms with Crippen LogP contribution in [0.25, 0.3) is 0 Å². The van der Waals surface area contributed by atoms with Gasteiger partial charge < -0.3 is 4.74 Å². The van der Waals surface area contributed by atoms with Gasteiger partial charge in [0.15, 0.2) is 0 Å². The molecular formula is C14H18O3. The number of ether oxygens (including phenoxy) is 1. The number of fused-ring (bicyclic) bond motifs is 1. The van der Waals surface area contributed by atoms with Crippen LogP contribution in [0.3, 0.4) is 0 Å². The Kier molecular flexibility index (Phi) is 3.18. The zero-order valence-electron chi connectivity index (χ0n) is 10.5. The van der Waals surface area contributed by atoms with Gasteiger partial charge in [-0.1, -0.05) is 23.3 Å². The van der Waals surface area contributed by atoms with Gasteiger partial charge in [-0.15, -0.1) is 0 Å². The smallest absolute Gasteiger partial charge is 0.318 e. The first-order valence-electron chi connectivity index (χ1n) is 6.06. The second kappa shape index (κ2) is 4.47. The molecule has 2 rings (SSSR count). The van der Waals surface area contributed by atoms with Crippen LogP contribution in [0.2, 0.25) is 0 Å². The lowest BCUT2D eigenvalue weighted by Gasteiger charge is -2.28. The molecule has 1 aliphatic carbocycles. The molecule has 2 aliphatic rings. The summed E-state index contributed by atoms with van der Waals surface area (Å²) in [5.41, 5.74) is 2.44. The van der Waals surface area contributed by atoms with Gasteiger partial charge in [-0.3, -0.25) is 9.59 Å². The fourth-order valence-corrected chi connectivity index (χ4v) is 2.68. The second-order valence-electron chi connectivity index (χ2n) is 5.18. The number of allylic oxidation sites excluding steroid dienone is 4. The number of hydrogen-bond acceptors (Lipinski definition) is 3. The van der Waals surface area contributed by atoms with E-state index in [1.54, 1.807) is 0 Å². The van der Waals surface area contributed by atoms with Gasteiger partial charge in [0.05, 0.1) is 11.8 Å². The van der Waals surface area contributed by atoms with E-state index < -0.39 is 0 Å². The van der Waals surface area contributed by atoms with Crippen molar-refractivity contribution in [2.75, 3.05) is 0 Å². The zero-order valence-corrected chi connectivity index (χ0v) is 10.5. The van der Waals surface area contributed by atoms with Crippen molar-refractivity contribution in [2.24, 2.45) is 17.8 Å². The van der Waals surface area contributed by atoms with Crippen LogP contribution in [-0.2, 0) is 14.3 Å². The van der Waals surface area contributed by atoms with Crippen LogP contribution in [-0.4, -0.2) is 11.9 Å². The molecule has 0 radical (unpaired) electrons. The van der Waals surface area contributed by atoms with Crippen molar-refractivity contribution in [3.8, 4) is 0 Å². The molecule has 0 unspecified atom stereocenters. The highest BCUT2D eigenvalue weighted by Gasteiger charge is 2.49. The summed E-state index contributed by atoms with van der Waals surface area (Å²) in [6.07, 6.45) is 5.66. The summed E-state index contributed by atoms with van der Waals surface area (Å²) in [7, 11) is 0. The number of cyclic esters (lactones) is 2. The summed E-state index contributed by atoms with van der Waals surface area (Å²) in [5, 5.41) is 0. The van der Waals surface area contributed by atoms with Crippen LogP contribution < -0.4 is 0 Å². The molecule has 0 bridgehead atoms. The highest BCUT2D eigenvalue weighted by molar-refractivity contribution is 5.97. The topological polar surface area (TPSA) is 43.4 Å². The van der Waals surface area contributed by atoms with Gasteiger partial charge in [-0.25, -0.2) is 0 Å². The Morgan fingerprint density at radius 3 is 2.76 bits per heavy atom. The van der Waals surface area contributed by atoms with Crippen molar-refractivity contribution in [1.29, 1.82) is 0 Å². The monoisotopic (exact) mass is 234 g/mol. The Morgan fingerprint density at radius 2 is 2.12 bits per heavy atom. The average molecular weight is 234 g/mol. The predicted molar refractivity (Wildman–Crippen MR) is 64.0 cm³/mol. The molecule has 92 valence electrons. The van der Waals surface area contributed by atoms with Gasteiger partial charge in [0.2, 0.25) is 0 Å². The van der Waals surface area contributed by atoms with Crippen LogP contribution in [0.1, 0.15) is 33.6 Å². The fraction of sp³-hybridized carbons (Fsp3) is 0.571. The molecule has 3 heteroatoms. The predicted octanol–water partition coefficient (Wildman–Crippen LogP) is 2.62. The molecule has 0 aromatic rings. The van der Waals surface area contributed by atoms with Gasteiger partial charge in [0.25, 0.3) is 0 Å². The third-order valence-corrected chi connectivity index (χ3v) is 3.70. The molecule has 0 saturated carbocycles. The number of rotatable bonds is 2. The first-order chi connectivity index (χ1) is 8.00. The van der Waals surface area contributed by atoms with Crippen molar-refractivity contribution >= 4 is 11.9 Å². The molecule has 1 saturated heterocycles. The summed E-state index contributed by atoms with van der Waals surface area (Å²) in [4.78, 5) is 23.3. The normalized spacial score (nSPS) is 31.7. The summed E-state index contributed by atoms with van der Waals surface area (Å²) in [6, 6.07) is 0. The largest absolute Gasteiger partial charge is 0.393 e. The highest BCUT2D eigenvalue weighted by atomic mass is 16.6. The van der Waals surface area contributed by atoms with Crippen molar-refractivity contribution in [1.82, 2.24) is 0 Å². The molecule has 3 atom stereocenters. The second-order valence-corrected chi connectivity index (χ2v) is 5.18. The van der Waals surface area contributed by atoms with E-state index in [0.717, 1.165) is 6.42 Å². The van der Waals surface area contributed by atoms with E-state index in [0.29, 0.717) is 6.42 Å². The minimum Gasteiger partial charge on any atom is -0.393 e. The molecule has 0 aromatic carbocycles. The lowest BCUT2D eigenvalue weighted by molar-refractivity contribution is -0.154. The summed E-state index contributed by atoms with van der Waals surface area (Å²) < 4.78 is 4.76. The average Bonchev–Trinajstić information content (AvgIpc) is 2.53. The van der Waals surface area contributed by atoms with Crippen LogP contribution in [0.15, 0.2) is 23.3 Å². The third kappa shape index (κ3) is 2.19. The van der Waals surface area contributed by atoms with E-state index in [1.165, 1.54) is 11.1 Å². The first kappa shape index (κ1) is 12.1. The summed E-state index contributed by atoms with van der Waals surface area (Å²) in [5.74, 6) is -1.06. The lowest BCUT2D eigenvalue weighted by atomic mass is 9.72. The van der Waals surface area contributed by atoms with E-state index in [-0.39, 0.29) is 29.7 Å². The SMILES string of the molecule is CC(C)=CC[C@@H]1C(C)=CC[C@H]2C(=O)OC(=O)[C@H]12. The van der Waals surface area contributed by atoms with Crippen molar-refractivity contribution in [2.45, 2.75) is 33.6 Å². The van der Waals surface area contributed by atoms with E-state index in [9.17, 15) is 9.59 Å². The number of hydrogen-bond donors (Lipinski definition) is 0. The Hall–Kier alpha value is -1.38. The van der Waals surface area contributed by atoms with Gasteiger partial charge >= 0.3 is 11.9 Å². The van der Waals surface area contributed by atoms with Crippen LogP contribution in [0.5, 0.6) is 0 Å². The zero-order chi connectivity index (χ0) is 12.6. The maximum atomic E-state index is 11.7. The molecule has 3 nitrogen and oxygen atoms in total. The van der Waals surface area contributed by atoms with Crippen LogP contribution in [0.4, 0.5) is 0 Å². The molecule has 1 fully saturated rings. The maximum Gasteiger partial charge on any atom is 0.318 e. The third-order valence-electron chi connectivity index (χ3n) is 3.70. The molecule has 17 heavy (non-hydrogen) atoms. The summed E-state index contributed by atoms with van der Waals surface area (Å²) >= 11 is 0. The molecule has 0 spiro atoms. The van der Waals surface area contributed by atoms with E-state index >= 15 is 0 Å². The molecule has 1 heterocycles. The molecule has 0 N–H and O–H groups in total. The Morgan fingerprint density at radius 1 is 1.41 bits per heavy atom. The Balaban J connectivity index is 2.25. The summed E-state index contributed by atoms with van der Waals surface area (Å²) in [6.45, 7) is 6.12. The minimum absolute atomic E-state index is 0.127. The molecule has 0 amide bonds. The molecular weight excluding hydrogens is 216 g/mol. The van der Waals surface area contributed by atoms with Crippen molar-refractivity contribution in [3.63, 3.8) is 0 Å². The highest BCUT2D eigenvalue weighted by Crippen LogP contribution is 2.42. The van der Waals surface area contributed by atoms with Gasteiger partial charge in [0, 0.05) is 0 Å². The Labute approximate surface area is 102 Å². The van der Waals surface area contributed by atoms with E-state index in [4.69, 9.17) is 4.74 Å². The number of carbonyl (C=O) groups excluding carboxylic acids is 2. The number of carbonyl (C=O) groups is 2. The van der Waals surface area contributed by atoms with Crippen LogP contribution in [0, 0.1) is 17.8 Å². The minimum atomic E-state index is -0.342. The van der Waals surface area contributed by atoms with Gasteiger partial charge in [-0.2, -0.15) is 0 Å². The van der Waals surface area contributed by atoms with Crippen molar-refractivity contribution in [3.05, 3.63) is 23.3 Å². The van der Waals surface area contributed by atoms with Crippen LogP contribution >= 0.6 is 0 Å². The Bertz CT molecular complexity index is 413. The van der Waals surface area contributed by atoms with E-state index in [1.807, 2.05) is 20.8 Å². The maximum absolute atomic E-state index is 11.7. The fourth-order valence-electron chi connectivity index (χ4n) is 2.68. The lowest BCUT2D eigenvalue weighted by Crippen LogP contribution is -2.30. The molecule has 1 aliphatic heterocycles. The first-order valence-corrected chi connectivity index (χ1v) is 6.06. The van der Waals surface area contributed by atoms with Gasteiger partial charge in [0.1, 0.15) is 0 Å². The number of esters is 2. The molecule has 0 aromatic heterocycles. The van der Waals surface area contributed by atoms with Gasteiger partial charge in [-0.05, 0) is 39.5 Å².